The van der Waals surface area contributed by atoms with Gasteiger partial charge in [-0.1, -0.05) is 0 Å². The molecule has 0 fully saturated rings. The van der Waals surface area contributed by atoms with E-state index in [1.807, 2.05) is 0 Å². The Balaban J connectivity index is -0.000000000238. The second-order valence-electron chi connectivity index (χ2n) is 0. The van der Waals surface area contributed by atoms with Gasteiger partial charge >= 0.3 is 74.0 Å². The molecule has 0 saturated carbocycles. The Morgan fingerprint density at radius 1 is 0.556 bits per heavy atom. The molecular weight excluding hydrogens is 195 g/mol. The van der Waals surface area contributed by atoms with E-state index in [1.54, 1.807) is 0 Å². The van der Waals surface area contributed by atoms with Gasteiger partial charge in [0.15, 0.2) is 0 Å². The van der Waals surface area contributed by atoms with Crippen LogP contribution >= 0.6 is 3.76 Å². The molecular formula is H14ClKMgO6. The maximum atomic E-state index is 4.83. The van der Waals surface area contributed by atoms with Gasteiger partial charge in [-0.15, -0.1) is 0 Å². The monoisotopic (exact) mass is 208 g/mol. The van der Waals surface area contributed by atoms with Crippen LogP contribution in [0.1, 0.15) is 0 Å². The van der Waals surface area contributed by atoms with Crippen LogP contribution in [0.5, 0.6) is 0 Å². The van der Waals surface area contributed by atoms with Gasteiger partial charge in [-0.25, -0.2) is 0 Å². The van der Waals surface area contributed by atoms with E-state index < -0.39 is 0 Å². The van der Waals surface area contributed by atoms with Crippen molar-refractivity contribution in [3.63, 3.8) is 0 Å². The van der Waals surface area contributed by atoms with E-state index in [2.05, 4.69) is 0 Å². The molecule has 0 amide bonds. The van der Waals surface area contributed by atoms with E-state index in [0.717, 1.165) is 0 Å². The average Bonchev–Trinajstić information content (AvgIpc) is 1.00. The molecule has 0 aromatic heterocycles. The number of halogens is 1. The maximum Gasteiger partial charge on any atom is 0.316 e. The van der Waals surface area contributed by atoms with Crippen molar-refractivity contribution >= 4 is 74.0 Å². The Hall–Kier alpha value is 2.45. The Morgan fingerprint density at radius 3 is 0.556 bits per heavy atom. The van der Waals surface area contributed by atoms with Gasteiger partial charge in [0.2, 0.25) is 0 Å². The maximum absolute atomic E-state index is 4.83. The van der Waals surface area contributed by atoms with Crippen LogP contribution in [0.3, 0.4) is 0 Å². The molecule has 0 atom stereocenters. The standard InChI is InChI=1S/ClH.K.Mg.6H2O.2H/h1H;;;6*1H2;;/q;+1;;;;;;;;;/p-1. The largest absolute Gasteiger partial charge is 0.316 e. The quantitative estimate of drug-likeness (QED) is 0.344. The SMILES string of the molecule is O.O.O.O.O.O.[Cl][K].[MgH2]. The Morgan fingerprint density at radius 2 is 0.556 bits per heavy atom. The van der Waals surface area contributed by atoms with Crippen LogP contribution < -0.4 is 0 Å². The zero-order chi connectivity index (χ0) is 2.00. The van der Waals surface area contributed by atoms with Crippen LogP contribution in [0.2, 0.25) is 0 Å². The topological polar surface area (TPSA) is 189 Å². The minimum absolute atomic E-state index is 0. The molecule has 0 spiro atoms. The van der Waals surface area contributed by atoms with Crippen molar-refractivity contribution in [1.82, 2.24) is 0 Å². The fourth-order valence-corrected chi connectivity index (χ4v) is 0. The summed E-state index contributed by atoms with van der Waals surface area (Å²) in [5.74, 6) is 0. The van der Waals surface area contributed by atoms with Gasteiger partial charge in [-0.3, -0.25) is 0 Å². The second-order valence-corrected chi connectivity index (χ2v) is 0. The van der Waals surface area contributed by atoms with Crippen molar-refractivity contribution in [3.8, 4) is 0 Å². The van der Waals surface area contributed by atoms with Gasteiger partial charge < -0.3 is 32.9 Å². The van der Waals surface area contributed by atoms with Crippen molar-refractivity contribution in [3.05, 3.63) is 0 Å². The predicted molar refractivity (Wildman–Crippen MR) is 41.8 cm³/mol. The van der Waals surface area contributed by atoms with Crippen molar-refractivity contribution < 1.29 is 32.9 Å². The molecule has 0 aliphatic heterocycles. The number of hydrogen-bond acceptors (Lipinski definition) is 0. The summed E-state index contributed by atoms with van der Waals surface area (Å²) < 4.78 is 4.83. The molecule has 0 aromatic rings. The molecule has 0 rings (SSSR count). The average molecular weight is 209 g/mol. The molecule has 60 valence electrons. The first-order chi connectivity index (χ1) is 1.00. The van der Waals surface area contributed by atoms with E-state index in [4.69, 9.17) is 3.76 Å². The fourth-order valence-electron chi connectivity index (χ4n) is 0. The third-order valence-electron chi connectivity index (χ3n) is 0. The Labute approximate surface area is 105 Å². The third-order valence-corrected chi connectivity index (χ3v) is 0. The summed E-state index contributed by atoms with van der Waals surface area (Å²) in [5.41, 5.74) is 0. The molecule has 0 radical (unpaired) electrons. The van der Waals surface area contributed by atoms with Gasteiger partial charge in [-0.05, 0) is 0 Å². The molecule has 0 bridgehead atoms. The van der Waals surface area contributed by atoms with Crippen molar-refractivity contribution in [2.24, 2.45) is 0 Å². The normalized spacial score (nSPS) is 0.778. The second kappa shape index (κ2) is 155. The fraction of sp³-hybridized carbons (Fsp3) is 0. The minimum atomic E-state index is 0. The van der Waals surface area contributed by atoms with Crippen molar-refractivity contribution in [2.45, 2.75) is 0 Å². The molecule has 0 unspecified atom stereocenters. The van der Waals surface area contributed by atoms with Gasteiger partial charge in [0.25, 0.3) is 0 Å². The molecule has 9 heavy (non-hydrogen) atoms. The van der Waals surface area contributed by atoms with E-state index in [-0.39, 0.29) is 55.9 Å². The minimum Gasteiger partial charge on any atom is 0.316 e. The van der Waals surface area contributed by atoms with Gasteiger partial charge in [0.1, 0.15) is 0 Å². The van der Waals surface area contributed by atoms with Gasteiger partial charge in [0, 0.05) is 0 Å². The number of hydrogen-bond donors (Lipinski definition) is 0. The molecule has 0 aromatic carbocycles. The summed E-state index contributed by atoms with van der Waals surface area (Å²) in [6.45, 7) is 0. The summed E-state index contributed by atoms with van der Waals surface area (Å²) >= 11 is 0.535. The van der Waals surface area contributed by atoms with E-state index >= 15 is 0 Å². The number of rotatable bonds is 0. The molecule has 9 heteroatoms. The van der Waals surface area contributed by atoms with Crippen LogP contribution in [0.25, 0.3) is 0 Å². The van der Waals surface area contributed by atoms with Gasteiger partial charge in [0.05, 0.1) is 0 Å². The zero-order valence-electron chi connectivity index (χ0n) is 4.38. The van der Waals surface area contributed by atoms with E-state index in [1.165, 1.54) is 0 Å². The summed E-state index contributed by atoms with van der Waals surface area (Å²) in [7, 11) is 0. The van der Waals surface area contributed by atoms with Crippen LogP contribution in [0.4, 0.5) is 0 Å². The van der Waals surface area contributed by atoms with Crippen LogP contribution in [-0.2, 0) is 0 Å². The molecule has 0 aliphatic rings. The Kier molecular flexibility index (Phi) is 1810. The summed E-state index contributed by atoms with van der Waals surface area (Å²) in [4.78, 5) is 0. The first kappa shape index (κ1) is 105. The smallest absolute Gasteiger partial charge is 0.316 e. The zero-order valence-corrected chi connectivity index (χ0v) is 8.26. The molecule has 6 nitrogen and oxygen atoms in total. The molecule has 0 heterocycles. The van der Waals surface area contributed by atoms with E-state index in [9.17, 15) is 0 Å². The summed E-state index contributed by atoms with van der Waals surface area (Å²) in [6, 6.07) is 0. The van der Waals surface area contributed by atoms with Crippen LogP contribution in [-0.4, -0.2) is 103 Å². The molecule has 12 N–H and O–H groups in total. The predicted octanol–water partition coefficient (Wildman–Crippen LogP) is -5.56. The van der Waals surface area contributed by atoms with Crippen molar-refractivity contribution in [2.75, 3.05) is 0 Å². The first-order valence-electron chi connectivity index (χ1n) is 0.378. The van der Waals surface area contributed by atoms with Gasteiger partial charge in [-0.2, -0.15) is 0 Å². The first-order valence-corrected chi connectivity index (χ1v) is 4.68. The summed E-state index contributed by atoms with van der Waals surface area (Å²) in [5, 5.41) is 0. The van der Waals surface area contributed by atoms with E-state index in [0.29, 0.717) is 47.1 Å². The van der Waals surface area contributed by atoms with Crippen molar-refractivity contribution in [1.29, 1.82) is 0 Å². The third kappa shape index (κ3) is 124. The van der Waals surface area contributed by atoms with Crippen LogP contribution in [0.15, 0.2) is 0 Å². The molecule has 0 aliphatic carbocycles. The Bertz CT molecular complexity index is 13.0. The summed E-state index contributed by atoms with van der Waals surface area (Å²) in [6.07, 6.45) is 0. The van der Waals surface area contributed by atoms with Crippen LogP contribution in [0, 0.1) is 0 Å². The molecule has 0 saturated heterocycles.